The third kappa shape index (κ3) is 5.21. The van der Waals surface area contributed by atoms with Gasteiger partial charge in [0.2, 0.25) is 0 Å². The summed E-state index contributed by atoms with van der Waals surface area (Å²) in [7, 11) is 0. The maximum Gasteiger partial charge on any atom is 0.153 e. The Bertz CT molecular complexity index is 1030. The summed E-state index contributed by atoms with van der Waals surface area (Å²) in [6.45, 7) is 22.7. The molecule has 0 unspecified atom stereocenters. The molecule has 0 spiro atoms. The summed E-state index contributed by atoms with van der Waals surface area (Å²) in [6, 6.07) is 2.89. The van der Waals surface area contributed by atoms with Crippen molar-refractivity contribution in [1.29, 1.82) is 0 Å². The molecule has 0 atom stereocenters. The Kier molecular flexibility index (Phi) is 7.73. The number of piperazine rings is 1. The van der Waals surface area contributed by atoms with Crippen LogP contribution in [0.25, 0.3) is 0 Å². The highest BCUT2D eigenvalue weighted by Gasteiger charge is 2.30. The number of hydrogen-bond acceptors (Lipinski definition) is 5. The van der Waals surface area contributed by atoms with E-state index in [-0.39, 0.29) is 0 Å². The Morgan fingerprint density at radius 1 is 0.882 bits per heavy atom. The molecule has 0 radical (unpaired) electrons. The number of thiophene rings is 1. The second kappa shape index (κ2) is 10.4. The van der Waals surface area contributed by atoms with Crippen LogP contribution in [0.1, 0.15) is 83.6 Å². The van der Waals surface area contributed by atoms with Gasteiger partial charge in [-0.2, -0.15) is 0 Å². The van der Waals surface area contributed by atoms with E-state index in [1.165, 1.54) is 16.7 Å². The number of ether oxygens (including phenoxy) is 1. The van der Waals surface area contributed by atoms with Gasteiger partial charge in [0.1, 0.15) is 17.3 Å². The Balaban J connectivity index is 1.87. The summed E-state index contributed by atoms with van der Waals surface area (Å²) in [5.74, 6) is 4.60. The molecular weight excluding hydrogens is 438 g/mol. The first-order valence-corrected chi connectivity index (χ1v) is 14.1. The van der Waals surface area contributed by atoms with Crippen LogP contribution in [0.5, 0.6) is 11.5 Å². The molecule has 3 heterocycles. The molecule has 4 nitrogen and oxygen atoms in total. The zero-order chi connectivity index (χ0) is 24.6. The lowest BCUT2D eigenvalue weighted by Crippen LogP contribution is -2.50. The topological polar surface area (TPSA) is 28.1 Å². The summed E-state index contributed by atoms with van der Waals surface area (Å²) in [4.78, 5) is 10.5. The van der Waals surface area contributed by atoms with Gasteiger partial charge in [-0.15, -0.1) is 11.3 Å². The van der Waals surface area contributed by atoms with Gasteiger partial charge in [0.25, 0.3) is 0 Å². The van der Waals surface area contributed by atoms with Crippen molar-refractivity contribution in [1.82, 2.24) is 9.80 Å². The molecule has 1 aromatic carbocycles. The highest BCUT2D eigenvalue weighted by atomic mass is 32.1. The van der Waals surface area contributed by atoms with E-state index in [9.17, 15) is 0 Å². The van der Waals surface area contributed by atoms with Crippen molar-refractivity contribution in [3.8, 4) is 11.5 Å². The minimum absolute atomic E-state index is 0.456. The molecule has 1 fully saturated rings. The van der Waals surface area contributed by atoms with Crippen molar-refractivity contribution >= 4 is 22.9 Å². The molecule has 2 aromatic rings. The normalized spacial score (nSPS) is 16.7. The molecule has 0 amide bonds. The standard InChI is InChI=1S/C29H43N3OS/c1-18(2)13-22-15-25-28(23(14-19(3)4)27(22)20(5)6)30-29(24-16-34-17-26(24)33-25)32-11-9-31(10-12-32)21(7)8/h15-21H,9-14H2,1-8H3. The second-order valence-electron chi connectivity index (χ2n) is 11.4. The first-order valence-electron chi connectivity index (χ1n) is 13.2. The quantitative estimate of drug-likeness (QED) is 0.428. The second-order valence-corrected chi connectivity index (χ2v) is 12.2. The van der Waals surface area contributed by atoms with Crippen LogP contribution in [0, 0.1) is 11.8 Å². The minimum Gasteiger partial charge on any atom is -0.453 e. The fourth-order valence-electron chi connectivity index (χ4n) is 5.42. The molecule has 0 bridgehead atoms. The highest BCUT2D eigenvalue weighted by Crippen LogP contribution is 2.46. The molecular formula is C29H43N3OS. The number of benzene rings is 1. The molecule has 0 N–H and O–H groups in total. The lowest BCUT2D eigenvalue weighted by atomic mass is 9.84. The number of nitrogens with zero attached hydrogens (tertiary/aromatic N) is 3. The van der Waals surface area contributed by atoms with Gasteiger partial charge in [-0.05, 0) is 67.2 Å². The zero-order valence-electron chi connectivity index (χ0n) is 22.4. The van der Waals surface area contributed by atoms with E-state index in [1.807, 2.05) is 0 Å². The lowest BCUT2D eigenvalue weighted by molar-refractivity contribution is 0.149. The zero-order valence-corrected chi connectivity index (χ0v) is 23.3. The van der Waals surface area contributed by atoms with Crippen molar-refractivity contribution in [3.63, 3.8) is 0 Å². The van der Waals surface area contributed by atoms with Crippen LogP contribution in [0.15, 0.2) is 21.8 Å². The summed E-state index contributed by atoms with van der Waals surface area (Å²) in [5.41, 5.74) is 6.52. The lowest BCUT2D eigenvalue weighted by Gasteiger charge is -2.38. The maximum absolute atomic E-state index is 6.66. The van der Waals surface area contributed by atoms with E-state index in [4.69, 9.17) is 9.73 Å². The summed E-state index contributed by atoms with van der Waals surface area (Å²) < 4.78 is 6.66. The summed E-state index contributed by atoms with van der Waals surface area (Å²) in [6.07, 6.45) is 2.09. The smallest absolute Gasteiger partial charge is 0.153 e. The van der Waals surface area contributed by atoms with Gasteiger partial charge >= 0.3 is 0 Å². The van der Waals surface area contributed by atoms with E-state index < -0.39 is 0 Å². The van der Waals surface area contributed by atoms with Gasteiger partial charge in [-0.25, -0.2) is 4.99 Å². The average molecular weight is 482 g/mol. The number of hydrogen-bond donors (Lipinski definition) is 0. The summed E-state index contributed by atoms with van der Waals surface area (Å²) in [5, 5.41) is 4.36. The fourth-order valence-corrected chi connectivity index (χ4v) is 6.15. The van der Waals surface area contributed by atoms with Crippen LogP contribution in [-0.4, -0.2) is 47.9 Å². The monoisotopic (exact) mass is 481 g/mol. The number of rotatable bonds is 6. The van der Waals surface area contributed by atoms with Crippen molar-refractivity contribution < 1.29 is 4.74 Å². The van der Waals surface area contributed by atoms with Crippen LogP contribution in [-0.2, 0) is 12.8 Å². The number of fused-ring (bicyclic) bond motifs is 2. The molecule has 1 aromatic heterocycles. The maximum atomic E-state index is 6.66. The third-order valence-corrected chi connectivity index (χ3v) is 7.68. The van der Waals surface area contributed by atoms with Crippen molar-refractivity contribution in [2.24, 2.45) is 16.8 Å². The van der Waals surface area contributed by atoms with E-state index in [1.54, 1.807) is 11.3 Å². The van der Waals surface area contributed by atoms with E-state index in [2.05, 4.69) is 82.0 Å². The van der Waals surface area contributed by atoms with Gasteiger partial charge in [0.15, 0.2) is 5.75 Å². The Hall–Kier alpha value is -1.85. The van der Waals surface area contributed by atoms with Crippen LogP contribution in [0.3, 0.4) is 0 Å². The van der Waals surface area contributed by atoms with E-state index in [0.29, 0.717) is 23.8 Å². The fraction of sp³-hybridized carbons (Fsp3) is 0.621. The van der Waals surface area contributed by atoms with Crippen molar-refractivity contribution in [2.45, 2.75) is 80.2 Å². The van der Waals surface area contributed by atoms with E-state index >= 15 is 0 Å². The minimum atomic E-state index is 0.456. The third-order valence-electron chi connectivity index (χ3n) is 6.96. The molecule has 0 aliphatic carbocycles. The summed E-state index contributed by atoms with van der Waals surface area (Å²) >= 11 is 1.71. The van der Waals surface area contributed by atoms with Gasteiger partial charge in [0, 0.05) is 43.0 Å². The van der Waals surface area contributed by atoms with Gasteiger partial charge in [-0.1, -0.05) is 41.5 Å². The van der Waals surface area contributed by atoms with Gasteiger partial charge in [-0.3, -0.25) is 4.90 Å². The first-order chi connectivity index (χ1) is 16.2. The molecule has 2 aliphatic rings. The van der Waals surface area contributed by atoms with Gasteiger partial charge in [0.05, 0.1) is 5.56 Å². The van der Waals surface area contributed by atoms with E-state index in [0.717, 1.165) is 67.6 Å². The highest BCUT2D eigenvalue weighted by molar-refractivity contribution is 7.08. The van der Waals surface area contributed by atoms with Crippen molar-refractivity contribution in [2.75, 3.05) is 26.2 Å². The van der Waals surface area contributed by atoms with Crippen LogP contribution in [0.2, 0.25) is 0 Å². The molecule has 4 rings (SSSR count). The Labute approximate surface area is 211 Å². The Morgan fingerprint density at radius 2 is 1.56 bits per heavy atom. The number of amidine groups is 1. The predicted octanol–water partition coefficient (Wildman–Crippen LogP) is 7.48. The average Bonchev–Trinajstić information content (AvgIpc) is 3.14. The molecule has 0 saturated carbocycles. The van der Waals surface area contributed by atoms with Gasteiger partial charge < -0.3 is 9.64 Å². The molecule has 2 aliphatic heterocycles. The molecule has 1 saturated heterocycles. The van der Waals surface area contributed by atoms with Crippen LogP contribution in [0.4, 0.5) is 5.69 Å². The Morgan fingerprint density at radius 3 is 2.15 bits per heavy atom. The molecule has 5 heteroatoms. The van der Waals surface area contributed by atoms with Crippen LogP contribution >= 0.6 is 11.3 Å². The predicted molar refractivity (Wildman–Crippen MR) is 146 cm³/mol. The molecule has 186 valence electrons. The van der Waals surface area contributed by atoms with Crippen LogP contribution < -0.4 is 4.74 Å². The first kappa shape index (κ1) is 25.2. The molecule has 34 heavy (non-hydrogen) atoms. The number of aliphatic imine (C=N–C) groups is 1. The SMILES string of the molecule is CC(C)Cc1cc2c(c(CC(C)C)c1C(C)C)N=C(N1CCN(C(C)C)CC1)c1cscc1O2. The largest absolute Gasteiger partial charge is 0.453 e. The van der Waals surface area contributed by atoms with Crippen molar-refractivity contribution in [3.05, 3.63) is 39.1 Å².